The number of halogens is 2. The van der Waals surface area contributed by atoms with Crippen LogP contribution in [0.2, 0.25) is 0 Å². The van der Waals surface area contributed by atoms with Crippen molar-refractivity contribution in [2.24, 2.45) is 0 Å². The molecule has 0 spiro atoms. The molecule has 2 heteroatoms. The maximum atomic E-state index is 5.70. The summed E-state index contributed by atoms with van der Waals surface area (Å²) in [7, 11) is 0. The summed E-state index contributed by atoms with van der Waals surface area (Å²) in [4.78, 5) is 0. The Morgan fingerprint density at radius 2 is 2.20 bits per heavy atom. The zero-order valence-corrected chi connectivity index (χ0v) is 8.61. The van der Waals surface area contributed by atoms with Gasteiger partial charge in [-0.25, -0.2) is 0 Å². The van der Waals surface area contributed by atoms with E-state index in [0.717, 1.165) is 0 Å². The second-order valence-electron chi connectivity index (χ2n) is 2.23. The van der Waals surface area contributed by atoms with Crippen LogP contribution in [-0.2, 0) is 5.88 Å². The number of rotatable bonds is 1. The summed E-state index contributed by atoms with van der Waals surface area (Å²) in [5, 5.41) is 0. The molecule has 1 rings (SSSR count). The van der Waals surface area contributed by atoms with Crippen molar-refractivity contribution in [3.8, 4) is 0 Å². The van der Waals surface area contributed by atoms with E-state index in [0.29, 0.717) is 5.88 Å². The van der Waals surface area contributed by atoms with Crippen molar-refractivity contribution in [2.45, 2.75) is 12.8 Å². The van der Waals surface area contributed by atoms with Crippen LogP contribution in [0.25, 0.3) is 0 Å². The van der Waals surface area contributed by atoms with Crippen molar-refractivity contribution in [3.05, 3.63) is 32.9 Å². The van der Waals surface area contributed by atoms with Crippen molar-refractivity contribution >= 4 is 34.2 Å². The van der Waals surface area contributed by atoms with E-state index in [1.54, 1.807) is 0 Å². The molecular formula is C8H8ClI. The molecule has 0 aliphatic carbocycles. The molecule has 0 amide bonds. The zero-order valence-electron chi connectivity index (χ0n) is 5.70. The highest BCUT2D eigenvalue weighted by atomic mass is 127. The molecule has 0 aliphatic rings. The highest BCUT2D eigenvalue weighted by Crippen LogP contribution is 2.15. The fourth-order valence-corrected chi connectivity index (χ4v) is 1.78. The number of alkyl halides is 1. The molecule has 0 fully saturated rings. The minimum atomic E-state index is 0.611. The van der Waals surface area contributed by atoms with Crippen LogP contribution >= 0.6 is 34.2 Å². The third kappa shape index (κ3) is 1.86. The van der Waals surface area contributed by atoms with Gasteiger partial charge in [0.2, 0.25) is 0 Å². The first-order valence-corrected chi connectivity index (χ1v) is 4.66. The monoisotopic (exact) mass is 266 g/mol. The Bertz CT molecular complexity index is 233. The molecule has 0 nitrogen and oxygen atoms in total. The van der Waals surface area contributed by atoms with Crippen molar-refractivity contribution in [2.75, 3.05) is 0 Å². The Balaban J connectivity index is 3.09. The van der Waals surface area contributed by atoms with Crippen LogP contribution in [0.4, 0.5) is 0 Å². The van der Waals surface area contributed by atoms with Crippen molar-refractivity contribution in [3.63, 3.8) is 0 Å². The van der Waals surface area contributed by atoms with E-state index in [4.69, 9.17) is 11.6 Å². The van der Waals surface area contributed by atoms with E-state index >= 15 is 0 Å². The lowest BCUT2D eigenvalue weighted by atomic mass is 10.2. The summed E-state index contributed by atoms with van der Waals surface area (Å²) >= 11 is 7.99. The van der Waals surface area contributed by atoms with Crippen LogP contribution in [0.3, 0.4) is 0 Å². The van der Waals surface area contributed by atoms with Crippen LogP contribution < -0.4 is 0 Å². The van der Waals surface area contributed by atoms with Gasteiger partial charge in [-0.3, -0.25) is 0 Å². The molecule has 1 aromatic rings. The smallest absolute Gasteiger partial charge is 0.0484 e. The normalized spacial score (nSPS) is 9.90. The first-order valence-electron chi connectivity index (χ1n) is 3.05. The Morgan fingerprint density at radius 3 is 2.70 bits per heavy atom. The highest BCUT2D eigenvalue weighted by molar-refractivity contribution is 14.1. The van der Waals surface area contributed by atoms with Gasteiger partial charge in [-0.1, -0.05) is 17.7 Å². The third-order valence-electron chi connectivity index (χ3n) is 1.35. The molecule has 0 aliphatic heterocycles. The van der Waals surface area contributed by atoms with Gasteiger partial charge in [-0.15, -0.1) is 11.6 Å². The Hall–Kier alpha value is 0.240. The van der Waals surface area contributed by atoms with Crippen molar-refractivity contribution in [1.82, 2.24) is 0 Å². The van der Waals surface area contributed by atoms with E-state index in [-0.39, 0.29) is 0 Å². The van der Waals surface area contributed by atoms with E-state index < -0.39 is 0 Å². The average Bonchev–Trinajstić information content (AvgIpc) is 1.94. The molecule has 54 valence electrons. The molecule has 0 atom stereocenters. The lowest BCUT2D eigenvalue weighted by Crippen LogP contribution is -1.84. The van der Waals surface area contributed by atoms with E-state index in [9.17, 15) is 0 Å². The summed E-state index contributed by atoms with van der Waals surface area (Å²) in [6.07, 6.45) is 0. The second-order valence-corrected chi connectivity index (χ2v) is 3.66. The molecule has 0 unspecified atom stereocenters. The summed E-state index contributed by atoms with van der Waals surface area (Å²) in [6, 6.07) is 6.31. The molecular weight excluding hydrogens is 258 g/mol. The van der Waals surface area contributed by atoms with Crippen LogP contribution in [0, 0.1) is 10.5 Å². The predicted molar refractivity (Wildman–Crippen MR) is 53.5 cm³/mol. The minimum Gasteiger partial charge on any atom is -0.122 e. The second kappa shape index (κ2) is 3.58. The van der Waals surface area contributed by atoms with E-state index in [2.05, 4.69) is 47.7 Å². The number of hydrogen-bond acceptors (Lipinski definition) is 0. The summed E-state index contributed by atoms with van der Waals surface area (Å²) in [5.41, 5.74) is 2.50. The summed E-state index contributed by atoms with van der Waals surface area (Å²) in [5.74, 6) is 0.611. The molecule has 1 aromatic carbocycles. The van der Waals surface area contributed by atoms with Gasteiger partial charge in [0.25, 0.3) is 0 Å². The van der Waals surface area contributed by atoms with Crippen LogP contribution in [-0.4, -0.2) is 0 Å². The fourth-order valence-electron chi connectivity index (χ4n) is 0.806. The van der Waals surface area contributed by atoms with Crippen LogP contribution in [0.1, 0.15) is 11.1 Å². The van der Waals surface area contributed by atoms with Gasteiger partial charge in [0.15, 0.2) is 0 Å². The van der Waals surface area contributed by atoms with Gasteiger partial charge >= 0.3 is 0 Å². The standard InChI is InChI=1S/C8H8ClI/c1-6-2-3-8(10)7(4-6)5-9/h2-4H,5H2,1H3. The highest BCUT2D eigenvalue weighted by Gasteiger charge is 1.96. The van der Waals surface area contributed by atoms with Gasteiger partial charge in [0, 0.05) is 9.45 Å². The average molecular weight is 267 g/mol. The Kier molecular flexibility index (Phi) is 2.98. The number of aryl methyl sites for hydroxylation is 1. The first-order chi connectivity index (χ1) is 4.74. The first kappa shape index (κ1) is 8.34. The molecule has 0 saturated heterocycles. The summed E-state index contributed by atoms with van der Waals surface area (Å²) in [6.45, 7) is 2.08. The van der Waals surface area contributed by atoms with Crippen LogP contribution in [0.5, 0.6) is 0 Å². The lowest BCUT2D eigenvalue weighted by molar-refractivity contribution is 1.32. The molecule has 0 bridgehead atoms. The lowest BCUT2D eigenvalue weighted by Gasteiger charge is -1.99. The van der Waals surface area contributed by atoms with Gasteiger partial charge in [-0.2, -0.15) is 0 Å². The largest absolute Gasteiger partial charge is 0.122 e. The molecule has 0 saturated carbocycles. The van der Waals surface area contributed by atoms with E-state index in [1.165, 1.54) is 14.7 Å². The molecule has 0 N–H and O–H groups in total. The summed E-state index contributed by atoms with van der Waals surface area (Å²) < 4.78 is 1.25. The van der Waals surface area contributed by atoms with Gasteiger partial charge in [-0.05, 0) is 41.1 Å². The Morgan fingerprint density at radius 1 is 1.50 bits per heavy atom. The molecule has 0 aromatic heterocycles. The van der Waals surface area contributed by atoms with E-state index in [1.807, 2.05) is 0 Å². The van der Waals surface area contributed by atoms with Gasteiger partial charge < -0.3 is 0 Å². The SMILES string of the molecule is Cc1ccc(I)c(CCl)c1. The van der Waals surface area contributed by atoms with Gasteiger partial charge in [0.1, 0.15) is 0 Å². The predicted octanol–water partition coefficient (Wildman–Crippen LogP) is 3.34. The maximum Gasteiger partial charge on any atom is 0.0484 e. The Labute approximate surface area is 79.7 Å². The quantitative estimate of drug-likeness (QED) is 0.540. The van der Waals surface area contributed by atoms with Gasteiger partial charge in [0.05, 0.1) is 0 Å². The van der Waals surface area contributed by atoms with Crippen molar-refractivity contribution in [1.29, 1.82) is 0 Å². The van der Waals surface area contributed by atoms with Crippen LogP contribution in [0.15, 0.2) is 18.2 Å². The maximum absolute atomic E-state index is 5.70. The molecule has 10 heavy (non-hydrogen) atoms. The number of benzene rings is 1. The molecule has 0 heterocycles. The molecule has 0 radical (unpaired) electrons. The third-order valence-corrected chi connectivity index (χ3v) is 2.69. The topological polar surface area (TPSA) is 0 Å². The van der Waals surface area contributed by atoms with Crippen molar-refractivity contribution < 1.29 is 0 Å². The number of hydrogen-bond donors (Lipinski definition) is 0. The minimum absolute atomic E-state index is 0.611. The fraction of sp³-hybridized carbons (Fsp3) is 0.250. The zero-order chi connectivity index (χ0) is 7.56.